The predicted molar refractivity (Wildman–Crippen MR) is 116 cm³/mol. The largest absolute Gasteiger partial charge is 0.392 e. The molecule has 0 spiro atoms. The first-order valence-electron chi connectivity index (χ1n) is 10.6. The Morgan fingerprint density at radius 2 is 1.97 bits per heavy atom. The van der Waals surface area contributed by atoms with Gasteiger partial charge in [-0.25, -0.2) is 9.37 Å². The van der Waals surface area contributed by atoms with E-state index in [1.165, 1.54) is 18.6 Å². The van der Waals surface area contributed by atoms with Crippen LogP contribution in [0.25, 0.3) is 22.3 Å². The Balaban J connectivity index is 1.96. The Morgan fingerprint density at radius 3 is 2.67 bits per heavy atom. The van der Waals surface area contributed by atoms with Crippen LogP contribution in [-0.2, 0) is 0 Å². The summed E-state index contributed by atoms with van der Waals surface area (Å²) in [6.07, 6.45) is 4.70. The first kappa shape index (κ1) is 20.5. The van der Waals surface area contributed by atoms with Gasteiger partial charge in [-0.2, -0.15) is 4.98 Å². The van der Waals surface area contributed by atoms with Gasteiger partial charge in [0.05, 0.1) is 11.8 Å². The molecule has 7 heteroatoms. The Kier molecular flexibility index (Phi) is 5.81. The van der Waals surface area contributed by atoms with Crippen molar-refractivity contribution < 1.29 is 9.50 Å². The number of benzene rings is 1. The monoisotopic (exact) mass is 410 g/mol. The van der Waals surface area contributed by atoms with Gasteiger partial charge in [0, 0.05) is 29.6 Å². The van der Waals surface area contributed by atoms with Crippen molar-refractivity contribution in [3.8, 4) is 11.3 Å². The number of hydrogen-bond acceptors (Lipinski definition) is 5. The number of hydrogen-bond donors (Lipinski definition) is 2. The second kappa shape index (κ2) is 8.52. The summed E-state index contributed by atoms with van der Waals surface area (Å²) in [5.74, 6) is 0.0402. The van der Waals surface area contributed by atoms with E-state index in [1.54, 1.807) is 29.7 Å². The number of anilines is 1. The van der Waals surface area contributed by atoms with E-state index in [-0.39, 0.29) is 24.0 Å². The van der Waals surface area contributed by atoms with E-state index in [0.717, 1.165) is 42.2 Å². The summed E-state index contributed by atoms with van der Waals surface area (Å²) < 4.78 is 15.5. The highest BCUT2D eigenvalue weighted by atomic mass is 19.1. The first-order valence-corrected chi connectivity index (χ1v) is 10.6. The maximum Gasteiger partial charge on any atom is 0.252 e. The van der Waals surface area contributed by atoms with E-state index in [4.69, 9.17) is 0 Å². The van der Waals surface area contributed by atoms with Crippen LogP contribution in [0.2, 0.25) is 0 Å². The molecule has 1 aromatic carbocycles. The van der Waals surface area contributed by atoms with Crippen molar-refractivity contribution in [2.45, 2.75) is 58.1 Å². The zero-order valence-corrected chi connectivity index (χ0v) is 17.4. The number of nitrogens with one attached hydrogen (secondary N) is 1. The molecule has 1 atom stereocenters. The van der Waals surface area contributed by atoms with Crippen molar-refractivity contribution in [3.63, 3.8) is 0 Å². The van der Waals surface area contributed by atoms with Crippen LogP contribution in [0.5, 0.6) is 0 Å². The van der Waals surface area contributed by atoms with Crippen LogP contribution in [0, 0.1) is 12.7 Å². The number of nitrogens with zero attached hydrogens (tertiary/aromatic N) is 3. The molecule has 3 aromatic rings. The molecule has 0 bridgehead atoms. The second-order valence-corrected chi connectivity index (χ2v) is 8.16. The second-order valence-electron chi connectivity index (χ2n) is 8.16. The van der Waals surface area contributed by atoms with Crippen LogP contribution < -0.4 is 10.9 Å². The first-order chi connectivity index (χ1) is 14.4. The third-order valence-electron chi connectivity index (χ3n) is 5.72. The predicted octanol–water partition coefficient (Wildman–Crippen LogP) is 4.20. The molecule has 2 heterocycles. The quantitative estimate of drug-likeness (QED) is 0.659. The normalized spacial score (nSPS) is 16.0. The van der Waals surface area contributed by atoms with Crippen molar-refractivity contribution in [3.05, 3.63) is 52.1 Å². The van der Waals surface area contributed by atoms with Gasteiger partial charge >= 0.3 is 0 Å². The van der Waals surface area contributed by atoms with E-state index in [0.29, 0.717) is 17.3 Å². The number of fused-ring (bicyclic) bond motifs is 1. The highest BCUT2D eigenvalue weighted by Crippen LogP contribution is 2.33. The van der Waals surface area contributed by atoms with Gasteiger partial charge in [-0.3, -0.25) is 9.36 Å². The van der Waals surface area contributed by atoms with Crippen LogP contribution in [0.1, 0.15) is 50.6 Å². The average molecular weight is 410 g/mol. The number of aliphatic hydroxyl groups excluding tert-OH is 1. The molecule has 0 amide bonds. The van der Waals surface area contributed by atoms with E-state index >= 15 is 0 Å². The smallest absolute Gasteiger partial charge is 0.252 e. The maximum absolute atomic E-state index is 13.7. The summed E-state index contributed by atoms with van der Waals surface area (Å²) >= 11 is 0. The number of aliphatic hydroxyl groups is 1. The standard InChI is InChI=1S/C23H27FN4O2/c1-14-12-16(24)8-9-18(14)21-19-10-11-20(30)28(17-6-4-3-5-7-17)22(19)27-23(26-21)25-13-15(2)29/h8-12,15,17,29H,3-7,13H2,1-2H3,(H,25,26,27)/t15-/m1/s1. The number of halogens is 1. The molecule has 1 aliphatic rings. The molecule has 0 saturated heterocycles. The van der Waals surface area contributed by atoms with Crippen molar-refractivity contribution in [1.82, 2.24) is 14.5 Å². The van der Waals surface area contributed by atoms with Gasteiger partial charge in [0.15, 0.2) is 0 Å². The van der Waals surface area contributed by atoms with E-state index in [2.05, 4.69) is 15.3 Å². The van der Waals surface area contributed by atoms with Crippen molar-refractivity contribution in [2.75, 3.05) is 11.9 Å². The zero-order chi connectivity index (χ0) is 21.3. The minimum atomic E-state index is -0.573. The molecule has 30 heavy (non-hydrogen) atoms. The van der Waals surface area contributed by atoms with E-state index < -0.39 is 6.10 Å². The Labute approximate surface area is 174 Å². The highest BCUT2D eigenvalue weighted by Gasteiger charge is 2.22. The van der Waals surface area contributed by atoms with Crippen molar-refractivity contribution in [1.29, 1.82) is 0 Å². The minimum Gasteiger partial charge on any atom is -0.392 e. The summed E-state index contributed by atoms with van der Waals surface area (Å²) in [6, 6.07) is 8.04. The van der Waals surface area contributed by atoms with Gasteiger partial charge in [-0.1, -0.05) is 19.3 Å². The van der Waals surface area contributed by atoms with Gasteiger partial charge in [0.1, 0.15) is 11.5 Å². The average Bonchev–Trinajstić information content (AvgIpc) is 2.72. The van der Waals surface area contributed by atoms with E-state index in [9.17, 15) is 14.3 Å². The third kappa shape index (κ3) is 4.07. The number of aromatic nitrogens is 3. The van der Waals surface area contributed by atoms with Crippen LogP contribution in [0.3, 0.4) is 0 Å². The molecular weight excluding hydrogens is 383 g/mol. The Morgan fingerprint density at radius 1 is 1.20 bits per heavy atom. The molecule has 2 aromatic heterocycles. The fourth-order valence-electron chi connectivity index (χ4n) is 4.24. The SMILES string of the molecule is Cc1cc(F)ccc1-c1nc(NC[C@@H](C)O)nc2c1ccc(=O)n2C1CCCCC1. The van der Waals surface area contributed by atoms with Gasteiger partial charge < -0.3 is 10.4 Å². The summed E-state index contributed by atoms with van der Waals surface area (Å²) in [6.45, 7) is 3.80. The molecule has 158 valence electrons. The van der Waals surface area contributed by atoms with Crippen LogP contribution >= 0.6 is 0 Å². The van der Waals surface area contributed by atoms with Crippen LogP contribution in [0.4, 0.5) is 10.3 Å². The topological polar surface area (TPSA) is 80.0 Å². The molecule has 1 saturated carbocycles. The summed E-state index contributed by atoms with van der Waals surface area (Å²) in [7, 11) is 0. The number of pyridine rings is 1. The Hall–Kier alpha value is -2.80. The lowest BCUT2D eigenvalue weighted by atomic mass is 9.95. The molecule has 2 N–H and O–H groups in total. The van der Waals surface area contributed by atoms with Crippen molar-refractivity contribution >= 4 is 17.0 Å². The summed E-state index contributed by atoms with van der Waals surface area (Å²) in [5.41, 5.74) is 2.70. The highest BCUT2D eigenvalue weighted by molar-refractivity contribution is 5.92. The fraction of sp³-hybridized carbons (Fsp3) is 0.435. The van der Waals surface area contributed by atoms with Crippen molar-refractivity contribution in [2.24, 2.45) is 0 Å². The Bertz CT molecular complexity index is 1120. The van der Waals surface area contributed by atoms with Gasteiger partial charge in [-0.05, 0) is 56.5 Å². The van der Waals surface area contributed by atoms with Crippen LogP contribution in [-0.4, -0.2) is 32.3 Å². The molecule has 0 radical (unpaired) electrons. The molecular formula is C23H27FN4O2. The molecule has 4 rings (SSSR count). The third-order valence-corrected chi connectivity index (χ3v) is 5.72. The number of aryl methyl sites for hydroxylation is 1. The lowest BCUT2D eigenvalue weighted by Crippen LogP contribution is -2.27. The lowest BCUT2D eigenvalue weighted by Gasteiger charge is -2.25. The lowest BCUT2D eigenvalue weighted by molar-refractivity contribution is 0.208. The maximum atomic E-state index is 13.7. The van der Waals surface area contributed by atoms with Gasteiger partial charge in [0.25, 0.3) is 5.56 Å². The van der Waals surface area contributed by atoms with Gasteiger partial charge in [-0.15, -0.1) is 0 Å². The van der Waals surface area contributed by atoms with Crippen LogP contribution in [0.15, 0.2) is 35.1 Å². The minimum absolute atomic E-state index is 0.0728. The molecule has 0 aliphatic heterocycles. The molecule has 6 nitrogen and oxygen atoms in total. The summed E-state index contributed by atoms with van der Waals surface area (Å²) in [5, 5.41) is 13.5. The zero-order valence-electron chi connectivity index (χ0n) is 17.4. The fourth-order valence-corrected chi connectivity index (χ4v) is 4.24. The number of rotatable bonds is 5. The summed E-state index contributed by atoms with van der Waals surface area (Å²) in [4.78, 5) is 22.2. The molecule has 0 unspecified atom stereocenters. The van der Waals surface area contributed by atoms with Gasteiger partial charge in [0.2, 0.25) is 5.95 Å². The van der Waals surface area contributed by atoms with E-state index in [1.807, 2.05) is 6.92 Å². The molecule has 1 aliphatic carbocycles. The molecule has 1 fully saturated rings.